The van der Waals surface area contributed by atoms with Gasteiger partial charge < -0.3 is 5.11 Å². The summed E-state index contributed by atoms with van der Waals surface area (Å²) in [6, 6.07) is 7.09. The Hall–Kier alpha value is -1.90. The molecule has 2 rings (SSSR count). The Morgan fingerprint density at radius 2 is 1.58 bits per heavy atom. The molecule has 3 nitrogen and oxygen atoms in total. The number of hydrogen-bond donors (Lipinski definition) is 1. The number of phenols is 1. The van der Waals surface area contributed by atoms with E-state index in [9.17, 15) is 5.11 Å². The molecular formula is C16H20N2O. The van der Waals surface area contributed by atoms with Crippen LogP contribution in [0.5, 0.6) is 5.75 Å². The van der Waals surface area contributed by atoms with Crippen LogP contribution in [0.4, 0.5) is 0 Å². The zero-order chi connectivity index (χ0) is 13.5. The first-order chi connectivity index (χ1) is 9.29. The topological polar surface area (TPSA) is 46.0 Å². The third kappa shape index (κ3) is 4.05. The Kier molecular flexibility index (Phi) is 4.90. The number of aromatic hydroxyl groups is 1. The van der Waals surface area contributed by atoms with Crippen molar-refractivity contribution in [1.29, 1.82) is 0 Å². The van der Waals surface area contributed by atoms with E-state index in [1.807, 2.05) is 24.5 Å². The molecule has 2 aromatic rings. The summed E-state index contributed by atoms with van der Waals surface area (Å²) in [5, 5.41) is 9.26. The van der Waals surface area contributed by atoms with Crippen LogP contribution in [0.1, 0.15) is 38.4 Å². The van der Waals surface area contributed by atoms with E-state index in [0.717, 1.165) is 29.8 Å². The smallest absolute Gasteiger partial charge is 0.128 e. The van der Waals surface area contributed by atoms with Crippen molar-refractivity contribution in [3.05, 3.63) is 42.5 Å². The number of phenolic OH excluding ortho intramolecular Hbond substituents is 1. The van der Waals surface area contributed by atoms with Crippen molar-refractivity contribution < 1.29 is 5.11 Å². The van der Waals surface area contributed by atoms with Crippen molar-refractivity contribution in [2.45, 2.75) is 39.0 Å². The highest BCUT2D eigenvalue weighted by Crippen LogP contribution is 2.20. The first kappa shape index (κ1) is 13.5. The highest BCUT2D eigenvalue weighted by atomic mass is 16.3. The van der Waals surface area contributed by atoms with Crippen molar-refractivity contribution >= 4 is 0 Å². The van der Waals surface area contributed by atoms with Crippen molar-refractivity contribution in [3.8, 4) is 16.9 Å². The van der Waals surface area contributed by atoms with E-state index >= 15 is 0 Å². The molecule has 0 fully saturated rings. The van der Waals surface area contributed by atoms with E-state index in [0.29, 0.717) is 0 Å². The normalized spacial score (nSPS) is 10.6. The lowest BCUT2D eigenvalue weighted by atomic mass is 10.1. The summed E-state index contributed by atoms with van der Waals surface area (Å²) >= 11 is 0. The van der Waals surface area contributed by atoms with E-state index in [1.165, 1.54) is 19.3 Å². The van der Waals surface area contributed by atoms with Crippen LogP contribution in [0, 0.1) is 0 Å². The SMILES string of the molecule is CCCCCCc1ncc(-c2ccc(O)cc2)cn1. The van der Waals surface area contributed by atoms with Gasteiger partial charge in [-0.3, -0.25) is 0 Å². The maximum absolute atomic E-state index is 9.26. The highest BCUT2D eigenvalue weighted by molar-refractivity contribution is 5.62. The van der Waals surface area contributed by atoms with Gasteiger partial charge in [0.15, 0.2) is 0 Å². The van der Waals surface area contributed by atoms with Gasteiger partial charge in [-0.05, 0) is 24.1 Å². The van der Waals surface area contributed by atoms with Gasteiger partial charge in [-0.1, -0.05) is 38.3 Å². The monoisotopic (exact) mass is 256 g/mol. The minimum absolute atomic E-state index is 0.275. The number of aromatic nitrogens is 2. The number of rotatable bonds is 6. The average Bonchev–Trinajstić information content (AvgIpc) is 2.45. The van der Waals surface area contributed by atoms with E-state index in [-0.39, 0.29) is 5.75 Å². The van der Waals surface area contributed by atoms with Crippen molar-refractivity contribution in [2.75, 3.05) is 0 Å². The molecule has 0 radical (unpaired) electrons. The maximum atomic E-state index is 9.26. The fraction of sp³-hybridized carbons (Fsp3) is 0.375. The summed E-state index contributed by atoms with van der Waals surface area (Å²) in [4.78, 5) is 8.80. The van der Waals surface area contributed by atoms with Crippen molar-refractivity contribution in [2.24, 2.45) is 0 Å². The lowest BCUT2D eigenvalue weighted by Gasteiger charge is -2.03. The van der Waals surface area contributed by atoms with Crippen LogP contribution in [0.15, 0.2) is 36.7 Å². The van der Waals surface area contributed by atoms with Gasteiger partial charge in [0, 0.05) is 24.4 Å². The molecule has 19 heavy (non-hydrogen) atoms. The van der Waals surface area contributed by atoms with Crippen LogP contribution in [0.25, 0.3) is 11.1 Å². The number of benzene rings is 1. The number of aryl methyl sites for hydroxylation is 1. The maximum Gasteiger partial charge on any atom is 0.128 e. The van der Waals surface area contributed by atoms with E-state index in [4.69, 9.17) is 0 Å². The van der Waals surface area contributed by atoms with Crippen LogP contribution in [0.2, 0.25) is 0 Å². The predicted octanol–water partition coefficient (Wildman–Crippen LogP) is 3.97. The third-order valence-electron chi connectivity index (χ3n) is 3.16. The second-order valence-electron chi connectivity index (χ2n) is 4.75. The molecule has 1 N–H and O–H groups in total. The third-order valence-corrected chi connectivity index (χ3v) is 3.16. The number of unbranched alkanes of at least 4 members (excludes halogenated alkanes) is 3. The molecule has 0 atom stereocenters. The molecule has 0 unspecified atom stereocenters. The predicted molar refractivity (Wildman–Crippen MR) is 77.0 cm³/mol. The molecule has 0 saturated carbocycles. The molecule has 3 heteroatoms. The minimum Gasteiger partial charge on any atom is -0.508 e. The number of nitrogens with zero attached hydrogens (tertiary/aromatic N) is 2. The molecule has 1 aromatic carbocycles. The number of hydrogen-bond acceptors (Lipinski definition) is 3. The summed E-state index contributed by atoms with van der Waals surface area (Å²) < 4.78 is 0. The molecule has 0 saturated heterocycles. The Labute approximate surface area is 114 Å². The summed E-state index contributed by atoms with van der Waals surface area (Å²) in [6.45, 7) is 2.21. The Bertz CT molecular complexity index is 491. The van der Waals surface area contributed by atoms with E-state index in [2.05, 4.69) is 16.9 Å². The second-order valence-corrected chi connectivity index (χ2v) is 4.75. The quantitative estimate of drug-likeness (QED) is 0.795. The van der Waals surface area contributed by atoms with E-state index < -0.39 is 0 Å². The van der Waals surface area contributed by atoms with Gasteiger partial charge in [0.2, 0.25) is 0 Å². The fourth-order valence-corrected chi connectivity index (χ4v) is 2.00. The van der Waals surface area contributed by atoms with Gasteiger partial charge in [-0.25, -0.2) is 9.97 Å². The van der Waals surface area contributed by atoms with Crippen LogP contribution >= 0.6 is 0 Å². The Morgan fingerprint density at radius 1 is 0.895 bits per heavy atom. The van der Waals surface area contributed by atoms with Gasteiger partial charge in [0.1, 0.15) is 11.6 Å². The lowest BCUT2D eigenvalue weighted by molar-refractivity contribution is 0.475. The van der Waals surface area contributed by atoms with Crippen LogP contribution in [0.3, 0.4) is 0 Å². The molecule has 0 bridgehead atoms. The molecule has 1 heterocycles. The van der Waals surface area contributed by atoms with Crippen LogP contribution in [-0.2, 0) is 6.42 Å². The zero-order valence-electron chi connectivity index (χ0n) is 11.3. The Balaban J connectivity index is 1.96. The standard InChI is InChI=1S/C16H20N2O/c1-2-3-4-5-6-16-17-11-14(12-18-16)13-7-9-15(19)10-8-13/h7-12,19H,2-6H2,1H3. The van der Waals surface area contributed by atoms with Crippen molar-refractivity contribution in [1.82, 2.24) is 9.97 Å². The molecule has 100 valence electrons. The molecular weight excluding hydrogens is 236 g/mol. The lowest BCUT2D eigenvalue weighted by Crippen LogP contribution is -1.95. The van der Waals surface area contributed by atoms with Crippen molar-refractivity contribution in [3.63, 3.8) is 0 Å². The van der Waals surface area contributed by atoms with Gasteiger partial charge in [0.05, 0.1) is 0 Å². The van der Waals surface area contributed by atoms with Crippen LogP contribution < -0.4 is 0 Å². The Morgan fingerprint density at radius 3 is 2.21 bits per heavy atom. The van der Waals surface area contributed by atoms with Gasteiger partial charge in [-0.15, -0.1) is 0 Å². The molecule has 1 aromatic heterocycles. The highest BCUT2D eigenvalue weighted by Gasteiger charge is 2.01. The summed E-state index contributed by atoms with van der Waals surface area (Å²) in [5.41, 5.74) is 2.01. The molecule has 0 aliphatic rings. The fourth-order valence-electron chi connectivity index (χ4n) is 2.00. The largest absolute Gasteiger partial charge is 0.508 e. The summed E-state index contributed by atoms with van der Waals surface area (Å²) in [5.74, 6) is 1.19. The van der Waals surface area contributed by atoms with Gasteiger partial charge >= 0.3 is 0 Å². The first-order valence-corrected chi connectivity index (χ1v) is 6.90. The first-order valence-electron chi connectivity index (χ1n) is 6.90. The van der Waals surface area contributed by atoms with E-state index in [1.54, 1.807) is 12.1 Å². The summed E-state index contributed by atoms with van der Waals surface area (Å²) in [6.07, 6.45) is 9.61. The minimum atomic E-state index is 0.275. The molecule has 0 spiro atoms. The summed E-state index contributed by atoms with van der Waals surface area (Å²) in [7, 11) is 0. The van der Waals surface area contributed by atoms with Gasteiger partial charge in [-0.2, -0.15) is 0 Å². The second kappa shape index (κ2) is 6.88. The van der Waals surface area contributed by atoms with Crippen LogP contribution in [-0.4, -0.2) is 15.1 Å². The molecule has 0 aliphatic carbocycles. The zero-order valence-corrected chi connectivity index (χ0v) is 11.3. The molecule has 0 amide bonds. The molecule has 0 aliphatic heterocycles. The van der Waals surface area contributed by atoms with Gasteiger partial charge in [0.25, 0.3) is 0 Å². The average molecular weight is 256 g/mol.